The minimum atomic E-state index is -0.251. The minimum Gasteiger partial charge on any atom is -0.493 e. The molecule has 0 aliphatic carbocycles. The van der Waals surface area contributed by atoms with E-state index in [4.69, 9.17) is 18.6 Å². The Morgan fingerprint density at radius 1 is 1.18 bits per heavy atom. The maximum Gasteiger partial charge on any atom is 0.244 e. The van der Waals surface area contributed by atoms with Crippen molar-refractivity contribution in [2.45, 2.75) is 13.0 Å². The van der Waals surface area contributed by atoms with Crippen LogP contribution in [0.5, 0.6) is 17.2 Å². The molecule has 2 heterocycles. The Balaban J connectivity index is 1.46. The van der Waals surface area contributed by atoms with Gasteiger partial charge in [0.1, 0.15) is 24.6 Å². The number of hydrogen-bond acceptors (Lipinski definition) is 5. The summed E-state index contributed by atoms with van der Waals surface area (Å²) in [6.07, 6.45) is 3.19. The molecule has 0 spiro atoms. The second-order valence-corrected chi connectivity index (χ2v) is 6.50. The molecular formula is C22H21NO5. The standard InChI is InChI=1S/C22H21NO5/c1-14(18-13-16-5-3-4-6-17(16)28-18)23-21(24)8-7-15-11-19(25-2)22-20(12-15)26-9-10-27-22/h3-8,11-14H,9-10H2,1-2H3,(H,23,24)/b8-7+/t14-/m1/s1. The lowest BCUT2D eigenvalue weighted by atomic mass is 10.1. The lowest BCUT2D eigenvalue weighted by Crippen LogP contribution is -2.24. The number of carbonyl (C=O) groups is 1. The Morgan fingerprint density at radius 2 is 2.00 bits per heavy atom. The molecule has 144 valence electrons. The van der Waals surface area contributed by atoms with Crippen LogP contribution in [0.3, 0.4) is 0 Å². The first-order valence-corrected chi connectivity index (χ1v) is 9.09. The topological polar surface area (TPSA) is 69.9 Å². The molecule has 1 amide bonds. The second kappa shape index (κ2) is 7.68. The summed E-state index contributed by atoms with van der Waals surface area (Å²) in [4.78, 5) is 12.3. The Morgan fingerprint density at radius 3 is 2.82 bits per heavy atom. The van der Waals surface area contributed by atoms with Crippen LogP contribution in [0.25, 0.3) is 17.0 Å². The number of nitrogens with one attached hydrogen (secondary N) is 1. The Labute approximate surface area is 162 Å². The highest BCUT2D eigenvalue weighted by Crippen LogP contribution is 2.40. The molecule has 28 heavy (non-hydrogen) atoms. The zero-order valence-corrected chi connectivity index (χ0v) is 15.7. The smallest absolute Gasteiger partial charge is 0.244 e. The molecule has 0 radical (unpaired) electrons. The van der Waals surface area contributed by atoms with Crippen molar-refractivity contribution < 1.29 is 23.4 Å². The zero-order chi connectivity index (χ0) is 19.5. The number of furan rings is 1. The largest absolute Gasteiger partial charge is 0.493 e. The molecule has 1 aliphatic heterocycles. The number of rotatable bonds is 5. The van der Waals surface area contributed by atoms with Gasteiger partial charge in [-0.1, -0.05) is 18.2 Å². The molecule has 2 aromatic carbocycles. The van der Waals surface area contributed by atoms with Gasteiger partial charge in [0.2, 0.25) is 11.7 Å². The summed E-state index contributed by atoms with van der Waals surface area (Å²) in [6.45, 7) is 2.86. The van der Waals surface area contributed by atoms with E-state index in [-0.39, 0.29) is 11.9 Å². The van der Waals surface area contributed by atoms with E-state index >= 15 is 0 Å². The van der Waals surface area contributed by atoms with E-state index in [9.17, 15) is 4.79 Å². The lowest BCUT2D eigenvalue weighted by molar-refractivity contribution is -0.117. The van der Waals surface area contributed by atoms with Crippen molar-refractivity contribution in [2.75, 3.05) is 20.3 Å². The van der Waals surface area contributed by atoms with E-state index in [2.05, 4.69) is 5.32 Å². The number of para-hydroxylation sites is 1. The fourth-order valence-corrected chi connectivity index (χ4v) is 3.11. The van der Waals surface area contributed by atoms with Crippen LogP contribution >= 0.6 is 0 Å². The maximum atomic E-state index is 12.3. The van der Waals surface area contributed by atoms with Gasteiger partial charge < -0.3 is 23.9 Å². The molecule has 0 fully saturated rings. The predicted molar refractivity (Wildman–Crippen MR) is 106 cm³/mol. The van der Waals surface area contributed by atoms with Crippen LogP contribution in [-0.2, 0) is 4.79 Å². The quantitative estimate of drug-likeness (QED) is 0.676. The van der Waals surface area contributed by atoms with Crippen LogP contribution in [0.15, 0.2) is 53.0 Å². The molecule has 3 aromatic rings. The van der Waals surface area contributed by atoms with Gasteiger partial charge in [0.25, 0.3) is 0 Å². The number of carbonyl (C=O) groups excluding carboxylic acids is 1. The summed E-state index contributed by atoms with van der Waals surface area (Å²) in [6, 6.07) is 13.1. The summed E-state index contributed by atoms with van der Waals surface area (Å²) in [5, 5.41) is 3.92. The minimum absolute atomic E-state index is 0.221. The summed E-state index contributed by atoms with van der Waals surface area (Å²) >= 11 is 0. The molecule has 6 heteroatoms. The molecule has 4 rings (SSSR count). The summed E-state index contributed by atoms with van der Waals surface area (Å²) in [5.74, 6) is 2.27. The lowest BCUT2D eigenvalue weighted by Gasteiger charge is -2.20. The number of fused-ring (bicyclic) bond motifs is 2. The molecule has 0 unspecified atom stereocenters. The Hall–Kier alpha value is -3.41. The highest BCUT2D eigenvalue weighted by Gasteiger charge is 2.18. The van der Waals surface area contributed by atoms with Crippen molar-refractivity contribution in [1.29, 1.82) is 0 Å². The van der Waals surface area contributed by atoms with Crippen LogP contribution < -0.4 is 19.5 Å². The fourth-order valence-electron chi connectivity index (χ4n) is 3.11. The first kappa shape index (κ1) is 18.0. The first-order valence-electron chi connectivity index (χ1n) is 9.09. The molecule has 6 nitrogen and oxygen atoms in total. The van der Waals surface area contributed by atoms with Crippen molar-refractivity contribution in [3.8, 4) is 17.2 Å². The van der Waals surface area contributed by atoms with Crippen molar-refractivity contribution in [3.63, 3.8) is 0 Å². The molecule has 0 saturated carbocycles. The van der Waals surface area contributed by atoms with E-state index in [1.165, 1.54) is 6.08 Å². The Kier molecular flexibility index (Phi) is 4.93. The summed E-state index contributed by atoms with van der Waals surface area (Å²) in [5.41, 5.74) is 1.59. The number of amides is 1. The number of hydrogen-bond donors (Lipinski definition) is 1. The van der Waals surface area contributed by atoms with Gasteiger partial charge in [0, 0.05) is 11.5 Å². The van der Waals surface area contributed by atoms with Crippen molar-refractivity contribution in [2.24, 2.45) is 0 Å². The van der Waals surface area contributed by atoms with E-state index in [0.717, 1.165) is 16.5 Å². The molecule has 1 N–H and O–H groups in total. The third-order valence-corrected chi connectivity index (χ3v) is 4.51. The summed E-state index contributed by atoms with van der Waals surface area (Å²) < 4.78 is 22.4. The third kappa shape index (κ3) is 3.67. The average molecular weight is 379 g/mol. The van der Waals surface area contributed by atoms with Crippen LogP contribution in [0.1, 0.15) is 24.3 Å². The zero-order valence-electron chi connectivity index (χ0n) is 15.7. The maximum absolute atomic E-state index is 12.3. The highest BCUT2D eigenvalue weighted by atomic mass is 16.6. The SMILES string of the molecule is COc1cc(/C=C/C(=O)N[C@H](C)c2cc3ccccc3o2)cc2c1OCCO2. The normalized spacial score (nSPS) is 14.2. The van der Waals surface area contributed by atoms with Gasteiger partial charge in [-0.15, -0.1) is 0 Å². The van der Waals surface area contributed by atoms with Crippen LogP contribution in [0.2, 0.25) is 0 Å². The average Bonchev–Trinajstić information content (AvgIpc) is 3.16. The van der Waals surface area contributed by atoms with Crippen LogP contribution in [-0.4, -0.2) is 26.2 Å². The van der Waals surface area contributed by atoms with E-state index < -0.39 is 0 Å². The molecule has 1 aliphatic rings. The molecule has 0 bridgehead atoms. The van der Waals surface area contributed by atoms with Gasteiger partial charge >= 0.3 is 0 Å². The van der Waals surface area contributed by atoms with E-state index in [1.54, 1.807) is 19.3 Å². The van der Waals surface area contributed by atoms with Gasteiger partial charge in [-0.05, 0) is 42.8 Å². The van der Waals surface area contributed by atoms with Gasteiger partial charge in [-0.3, -0.25) is 4.79 Å². The number of methoxy groups -OCH3 is 1. The van der Waals surface area contributed by atoms with Gasteiger partial charge in [0.05, 0.1) is 13.2 Å². The van der Waals surface area contributed by atoms with Gasteiger partial charge in [-0.25, -0.2) is 0 Å². The number of ether oxygens (including phenoxy) is 3. The molecule has 1 aromatic heterocycles. The van der Waals surface area contributed by atoms with Crippen molar-refractivity contribution >= 4 is 23.0 Å². The monoisotopic (exact) mass is 379 g/mol. The molecule has 1 atom stereocenters. The molecule has 0 saturated heterocycles. The number of benzene rings is 2. The second-order valence-electron chi connectivity index (χ2n) is 6.50. The van der Waals surface area contributed by atoms with Crippen molar-refractivity contribution in [3.05, 3.63) is 59.9 Å². The van der Waals surface area contributed by atoms with Gasteiger partial charge in [0.15, 0.2) is 11.5 Å². The van der Waals surface area contributed by atoms with E-state index in [0.29, 0.717) is 36.2 Å². The molecular weight excluding hydrogens is 358 g/mol. The third-order valence-electron chi connectivity index (χ3n) is 4.51. The van der Waals surface area contributed by atoms with Crippen molar-refractivity contribution in [1.82, 2.24) is 5.32 Å². The van der Waals surface area contributed by atoms with Gasteiger partial charge in [-0.2, -0.15) is 0 Å². The fraction of sp³-hybridized carbons (Fsp3) is 0.227. The highest BCUT2D eigenvalue weighted by molar-refractivity contribution is 5.92. The van der Waals surface area contributed by atoms with Crippen LogP contribution in [0.4, 0.5) is 0 Å². The van der Waals surface area contributed by atoms with Crippen LogP contribution in [0, 0.1) is 0 Å². The summed E-state index contributed by atoms with van der Waals surface area (Å²) in [7, 11) is 1.57. The predicted octanol–water partition coefficient (Wildman–Crippen LogP) is 4.10. The Bertz CT molecular complexity index is 986. The first-order chi connectivity index (χ1) is 13.6. The van der Waals surface area contributed by atoms with E-state index in [1.807, 2.05) is 43.3 Å².